The molecule has 3 aromatic rings. The van der Waals surface area contributed by atoms with Crippen molar-refractivity contribution in [1.29, 1.82) is 0 Å². The SMILES string of the molecule is Cc1cccc(C(=O)N2CCc3cc(CNC(=O)C4CCN(S(=O)(=O)c5cccs5)CC4)ccc32)c1. The molecule has 0 bridgehead atoms. The Morgan fingerprint density at radius 3 is 2.56 bits per heavy atom. The number of benzene rings is 2. The molecular formula is C27H29N3O4S2. The Hall–Kier alpha value is -3.01. The molecule has 1 fully saturated rings. The Morgan fingerprint density at radius 2 is 1.83 bits per heavy atom. The van der Waals surface area contributed by atoms with Crippen molar-refractivity contribution in [3.63, 3.8) is 0 Å². The highest BCUT2D eigenvalue weighted by Crippen LogP contribution is 2.31. The Morgan fingerprint density at radius 1 is 1.03 bits per heavy atom. The summed E-state index contributed by atoms with van der Waals surface area (Å²) in [6.45, 7) is 3.73. The van der Waals surface area contributed by atoms with E-state index in [1.807, 2.05) is 48.2 Å². The van der Waals surface area contributed by atoms with Crippen LogP contribution in [0, 0.1) is 12.8 Å². The molecule has 1 aromatic heterocycles. The predicted molar refractivity (Wildman–Crippen MR) is 141 cm³/mol. The van der Waals surface area contributed by atoms with Gasteiger partial charge >= 0.3 is 0 Å². The molecule has 2 aromatic carbocycles. The largest absolute Gasteiger partial charge is 0.352 e. The minimum atomic E-state index is -3.47. The highest BCUT2D eigenvalue weighted by atomic mass is 32.2. The van der Waals surface area contributed by atoms with Crippen LogP contribution in [0.1, 0.15) is 39.9 Å². The number of amides is 2. The summed E-state index contributed by atoms with van der Waals surface area (Å²) in [6.07, 6.45) is 1.80. The van der Waals surface area contributed by atoms with Gasteiger partial charge in [-0.15, -0.1) is 11.3 Å². The van der Waals surface area contributed by atoms with Gasteiger partial charge in [-0.3, -0.25) is 9.59 Å². The van der Waals surface area contributed by atoms with Crippen LogP contribution in [0.5, 0.6) is 0 Å². The minimum absolute atomic E-state index is 0.00550. The van der Waals surface area contributed by atoms with Crippen molar-refractivity contribution < 1.29 is 18.0 Å². The summed E-state index contributed by atoms with van der Waals surface area (Å²) in [7, 11) is -3.47. The Bertz CT molecular complexity index is 1380. The molecule has 188 valence electrons. The van der Waals surface area contributed by atoms with E-state index in [2.05, 4.69) is 11.4 Å². The number of sulfonamides is 1. The third-order valence-electron chi connectivity index (χ3n) is 6.93. The van der Waals surface area contributed by atoms with E-state index < -0.39 is 10.0 Å². The summed E-state index contributed by atoms with van der Waals surface area (Å²) in [5, 5.41) is 4.78. The third-order valence-corrected chi connectivity index (χ3v) is 10.2. The van der Waals surface area contributed by atoms with Crippen LogP contribution in [-0.4, -0.2) is 44.2 Å². The molecule has 0 radical (unpaired) electrons. The van der Waals surface area contributed by atoms with Gasteiger partial charge in [-0.2, -0.15) is 4.31 Å². The summed E-state index contributed by atoms with van der Waals surface area (Å²) in [4.78, 5) is 27.6. The van der Waals surface area contributed by atoms with Crippen LogP contribution in [0.3, 0.4) is 0 Å². The van der Waals surface area contributed by atoms with E-state index in [-0.39, 0.29) is 17.7 Å². The zero-order valence-corrected chi connectivity index (χ0v) is 21.8. The molecule has 3 heterocycles. The molecule has 0 atom stereocenters. The lowest BCUT2D eigenvalue weighted by Crippen LogP contribution is -2.42. The zero-order valence-electron chi connectivity index (χ0n) is 20.1. The maximum Gasteiger partial charge on any atom is 0.258 e. The Labute approximate surface area is 215 Å². The number of fused-ring (bicyclic) bond motifs is 1. The molecule has 2 aliphatic rings. The fourth-order valence-corrected chi connectivity index (χ4v) is 7.55. The van der Waals surface area contributed by atoms with Crippen LogP contribution in [0.4, 0.5) is 5.69 Å². The lowest BCUT2D eigenvalue weighted by molar-refractivity contribution is -0.126. The molecule has 2 aliphatic heterocycles. The van der Waals surface area contributed by atoms with Gasteiger partial charge in [-0.25, -0.2) is 8.42 Å². The van der Waals surface area contributed by atoms with Crippen molar-refractivity contribution in [2.75, 3.05) is 24.5 Å². The molecule has 2 amide bonds. The predicted octanol–water partition coefficient (Wildman–Crippen LogP) is 3.98. The van der Waals surface area contributed by atoms with Crippen molar-refractivity contribution in [3.05, 3.63) is 82.2 Å². The van der Waals surface area contributed by atoms with Gasteiger partial charge in [-0.1, -0.05) is 35.9 Å². The molecule has 0 spiro atoms. The highest BCUT2D eigenvalue weighted by Gasteiger charge is 2.32. The summed E-state index contributed by atoms with van der Waals surface area (Å²) >= 11 is 1.22. The van der Waals surface area contributed by atoms with E-state index in [0.29, 0.717) is 48.8 Å². The van der Waals surface area contributed by atoms with Gasteiger partial charge in [0.05, 0.1) is 0 Å². The third kappa shape index (κ3) is 4.96. The quantitative estimate of drug-likeness (QED) is 0.530. The normalized spacial score (nSPS) is 16.6. The topological polar surface area (TPSA) is 86.8 Å². The highest BCUT2D eigenvalue weighted by molar-refractivity contribution is 7.91. The van der Waals surface area contributed by atoms with Crippen LogP contribution in [0.15, 0.2) is 64.2 Å². The molecule has 9 heteroatoms. The fourth-order valence-electron chi connectivity index (χ4n) is 4.94. The number of anilines is 1. The van der Waals surface area contributed by atoms with Crippen LogP contribution in [0.2, 0.25) is 0 Å². The Kier molecular flexibility index (Phi) is 6.96. The Balaban J connectivity index is 1.16. The molecular weight excluding hydrogens is 494 g/mol. The smallest absolute Gasteiger partial charge is 0.258 e. The molecule has 1 N–H and O–H groups in total. The number of piperidine rings is 1. The van der Waals surface area contributed by atoms with Crippen molar-refractivity contribution in [2.45, 2.75) is 36.9 Å². The second-order valence-electron chi connectivity index (χ2n) is 9.37. The number of nitrogens with one attached hydrogen (secondary N) is 1. The molecule has 0 aliphatic carbocycles. The van der Waals surface area contributed by atoms with E-state index in [4.69, 9.17) is 0 Å². The van der Waals surface area contributed by atoms with Gasteiger partial charge in [0.2, 0.25) is 5.91 Å². The number of nitrogens with zero attached hydrogens (tertiary/aromatic N) is 2. The van der Waals surface area contributed by atoms with Crippen LogP contribution in [-0.2, 0) is 27.8 Å². The number of carbonyl (C=O) groups is 2. The first-order valence-electron chi connectivity index (χ1n) is 12.1. The number of carbonyl (C=O) groups excluding carboxylic acids is 2. The van der Waals surface area contributed by atoms with Gasteiger partial charge in [0.15, 0.2) is 0 Å². The van der Waals surface area contributed by atoms with Gasteiger partial charge in [0, 0.05) is 43.3 Å². The van der Waals surface area contributed by atoms with Crippen LogP contribution >= 0.6 is 11.3 Å². The molecule has 1 saturated heterocycles. The van der Waals surface area contributed by atoms with Gasteiger partial charge in [0.25, 0.3) is 15.9 Å². The minimum Gasteiger partial charge on any atom is -0.352 e. The van der Waals surface area contributed by atoms with Gasteiger partial charge < -0.3 is 10.2 Å². The maximum absolute atomic E-state index is 13.0. The first kappa shape index (κ1) is 24.7. The van der Waals surface area contributed by atoms with E-state index in [0.717, 1.165) is 28.8 Å². The second kappa shape index (κ2) is 10.2. The molecule has 5 rings (SSSR count). The van der Waals surface area contributed by atoms with E-state index in [9.17, 15) is 18.0 Å². The number of hydrogen-bond acceptors (Lipinski definition) is 5. The average Bonchev–Trinajstić information content (AvgIpc) is 3.58. The summed E-state index contributed by atoms with van der Waals surface area (Å²) in [5.74, 6) is -0.234. The molecule has 7 nitrogen and oxygen atoms in total. The fraction of sp³-hybridized carbons (Fsp3) is 0.333. The van der Waals surface area contributed by atoms with E-state index in [1.165, 1.54) is 15.6 Å². The number of aryl methyl sites for hydroxylation is 1. The molecule has 0 unspecified atom stereocenters. The van der Waals surface area contributed by atoms with Crippen molar-refractivity contribution in [2.24, 2.45) is 5.92 Å². The van der Waals surface area contributed by atoms with Crippen molar-refractivity contribution in [1.82, 2.24) is 9.62 Å². The van der Waals surface area contributed by atoms with Crippen molar-refractivity contribution >= 4 is 38.9 Å². The summed E-state index contributed by atoms with van der Waals surface area (Å²) in [5.41, 5.74) is 4.77. The average molecular weight is 524 g/mol. The summed E-state index contributed by atoms with van der Waals surface area (Å²) in [6, 6.07) is 17.0. The lowest BCUT2D eigenvalue weighted by Gasteiger charge is -2.30. The van der Waals surface area contributed by atoms with Crippen LogP contribution in [0.25, 0.3) is 0 Å². The van der Waals surface area contributed by atoms with Gasteiger partial charge in [0.1, 0.15) is 4.21 Å². The standard InChI is InChI=1S/C27H29N3O4S2/c1-19-4-2-5-23(16-19)27(32)30-14-11-22-17-20(7-8-24(22)30)18-28-26(31)21-9-12-29(13-10-21)36(33,34)25-6-3-15-35-25/h2-8,15-17,21H,9-14,18H2,1H3,(H,28,31). The number of hydrogen-bond donors (Lipinski definition) is 1. The lowest BCUT2D eigenvalue weighted by atomic mass is 9.97. The zero-order chi connectivity index (χ0) is 25.3. The molecule has 36 heavy (non-hydrogen) atoms. The van der Waals surface area contributed by atoms with Gasteiger partial charge in [-0.05, 0) is 67.0 Å². The second-order valence-corrected chi connectivity index (χ2v) is 12.5. The number of thiophene rings is 1. The van der Waals surface area contributed by atoms with Crippen molar-refractivity contribution in [3.8, 4) is 0 Å². The van der Waals surface area contributed by atoms with E-state index in [1.54, 1.807) is 17.5 Å². The monoisotopic (exact) mass is 523 g/mol. The van der Waals surface area contributed by atoms with Crippen LogP contribution < -0.4 is 10.2 Å². The first-order valence-corrected chi connectivity index (χ1v) is 14.5. The summed E-state index contributed by atoms with van der Waals surface area (Å²) < 4.78 is 27.2. The first-order chi connectivity index (χ1) is 17.3. The maximum atomic E-state index is 13.0. The number of rotatable bonds is 6. The molecule has 0 saturated carbocycles. The van der Waals surface area contributed by atoms with E-state index >= 15 is 0 Å².